The minimum Gasteiger partial charge on any atom is -0.399 e. The maximum Gasteiger partial charge on any atom is 0.223 e. The monoisotopic (exact) mass is 396 g/mol. The van der Waals surface area contributed by atoms with Crippen molar-refractivity contribution in [3.05, 3.63) is 63.4 Å². The fourth-order valence-electron chi connectivity index (χ4n) is 3.01. The Bertz CT molecular complexity index is 816. The summed E-state index contributed by atoms with van der Waals surface area (Å²) in [5.41, 5.74) is 8.06. The fraction of sp³-hybridized carbons (Fsp3) is 0.316. The summed E-state index contributed by atoms with van der Waals surface area (Å²) in [7, 11) is 0. The van der Waals surface area contributed by atoms with E-state index in [0.29, 0.717) is 48.8 Å². The molecule has 0 aliphatic carbocycles. The number of nitrogens with zero attached hydrogens (tertiary/aromatic N) is 1. The summed E-state index contributed by atoms with van der Waals surface area (Å²) in [6, 6.07) is 10.1. The molecule has 138 valence electrons. The molecule has 2 N–H and O–H groups in total. The lowest BCUT2D eigenvalue weighted by molar-refractivity contribution is -0.139. The Balaban J connectivity index is 1.65. The molecule has 4 nitrogen and oxygen atoms in total. The third-order valence-corrected chi connectivity index (χ3v) is 5.09. The van der Waals surface area contributed by atoms with E-state index < -0.39 is 11.9 Å². The second-order valence-electron chi connectivity index (χ2n) is 6.19. The van der Waals surface area contributed by atoms with E-state index in [1.165, 1.54) is 12.1 Å². The first-order valence-corrected chi connectivity index (χ1v) is 9.08. The maximum absolute atomic E-state index is 13.8. The molecule has 7 heteroatoms. The largest absolute Gasteiger partial charge is 0.399 e. The summed E-state index contributed by atoms with van der Waals surface area (Å²) in [6.07, 6.45) is 0.446. The molecule has 1 aliphatic heterocycles. The first kappa shape index (κ1) is 19.0. The molecule has 0 radical (unpaired) electrons. The van der Waals surface area contributed by atoms with Crippen LogP contribution in [0.5, 0.6) is 0 Å². The lowest BCUT2D eigenvalue weighted by Crippen LogP contribution is -2.42. The molecule has 1 fully saturated rings. The average molecular weight is 397 g/mol. The molecule has 2 aromatic carbocycles. The molecule has 1 saturated heterocycles. The van der Waals surface area contributed by atoms with Crippen LogP contribution in [-0.2, 0) is 16.0 Å². The normalized spacial score (nSPS) is 17.3. The number of carbonyl (C=O) groups excluding carboxylic acids is 1. The lowest BCUT2D eigenvalue weighted by atomic mass is 10.1. The van der Waals surface area contributed by atoms with Crippen molar-refractivity contribution in [2.24, 2.45) is 0 Å². The predicted molar refractivity (Wildman–Crippen MR) is 101 cm³/mol. The zero-order valence-electron chi connectivity index (χ0n) is 14.1. The number of carbonyl (C=O) groups is 1. The second kappa shape index (κ2) is 8.25. The van der Waals surface area contributed by atoms with Crippen molar-refractivity contribution in [1.29, 1.82) is 0 Å². The van der Waals surface area contributed by atoms with Gasteiger partial charge < -0.3 is 15.4 Å². The number of morpholine rings is 1. The Morgan fingerprint density at radius 3 is 2.81 bits per heavy atom. The van der Waals surface area contributed by atoms with Crippen LogP contribution in [0.15, 0.2) is 36.4 Å². The van der Waals surface area contributed by atoms with Crippen LogP contribution < -0.4 is 5.73 Å². The van der Waals surface area contributed by atoms with Crippen molar-refractivity contribution < 1.29 is 13.9 Å². The van der Waals surface area contributed by atoms with E-state index in [0.717, 1.165) is 5.56 Å². The highest BCUT2D eigenvalue weighted by Crippen LogP contribution is 2.32. The molecule has 3 rings (SSSR count). The number of hydrogen-bond acceptors (Lipinski definition) is 3. The summed E-state index contributed by atoms with van der Waals surface area (Å²) < 4.78 is 19.5. The third-order valence-electron chi connectivity index (χ3n) is 4.47. The van der Waals surface area contributed by atoms with E-state index >= 15 is 0 Å². The van der Waals surface area contributed by atoms with E-state index in [9.17, 15) is 9.18 Å². The van der Waals surface area contributed by atoms with Gasteiger partial charge >= 0.3 is 0 Å². The van der Waals surface area contributed by atoms with Gasteiger partial charge in [0.05, 0.1) is 18.2 Å². The minimum absolute atomic E-state index is 0.00658. The maximum atomic E-state index is 13.8. The van der Waals surface area contributed by atoms with Crippen LogP contribution in [0.25, 0.3) is 0 Å². The Morgan fingerprint density at radius 2 is 2.04 bits per heavy atom. The molecule has 1 atom stereocenters. The first-order valence-electron chi connectivity index (χ1n) is 8.33. The summed E-state index contributed by atoms with van der Waals surface area (Å²) in [5.74, 6) is -0.551. The Labute approximate surface area is 161 Å². The smallest absolute Gasteiger partial charge is 0.223 e. The topological polar surface area (TPSA) is 55.6 Å². The molecule has 1 amide bonds. The first-order chi connectivity index (χ1) is 12.5. The van der Waals surface area contributed by atoms with Gasteiger partial charge in [0.15, 0.2) is 0 Å². The molecule has 0 saturated carbocycles. The van der Waals surface area contributed by atoms with E-state index in [-0.39, 0.29) is 10.9 Å². The van der Waals surface area contributed by atoms with Crippen LogP contribution in [0.4, 0.5) is 10.1 Å². The number of aryl methyl sites for hydroxylation is 1. The molecule has 0 bridgehead atoms. The molecule has 0 aromatic heterocycles. The van der Waals surface area contributed by atoms with Crippen molar-refractivity contribution in [3.63, 3.8) is 0 Å². The van der Waals surface area contributed by atoms with Gasteiger partial charge in [-0.2, -0.15) is 0 Å². The number of nitrogens with two attached hydrogens (primary N) is 1. The number of para-hydroxylation sites is 1. The number of hydrogen-bond donors (Lipinski definition) is 1. The molecular formula is C19H19Cl2FN2O2. The molecule has 1 aliphatic rings. The quantitative estimate of drug-likeness (QED) is 0.620. The van der Waals surface area contributed by atoms with Gasteiger partial charge in [0.25, 0.3) is 0 Å². The highest BCUT2D eigenvalue weighted by molar-refractivity contribution is 6.35. The molecule has 1 unspecified atom stereocenters. The molecule has 1 heterocycles. The Morgan fingerprint density at radius 1 is 1.27 bits per heavy atom. The van der Waals surface area contributed by atoms with Gasteiger partial charge in [0.1, 0.15) is 11.9 Å². The van der Waals surface area contributed by atoms with Crippen LogP contribution in [0.2, 0.25) is 10.0 Å². The number of amides is 1. The van der Waals surface area contributed by atoms with Gasteiger partial charge in [-0.1, -0.05) is 41.4 Å². The molecule has 26 heavy (non-hydrogen) atoms. The lowest BCUT2D eigenvalue weighted by Gasteiger charge is -2.33. The molecular weight excluding hydrogens is 378 g/mol. The van der Waals surface area contributed by atoms with E-state index in [1.54, 1.807) is 4.90 Å². The SMILES string of the molecule is Nc1ccccc1CCC(=O)N1CCOC(c2cc(F)c(Cl)cc2Cl)C1. The number of rotatable bonds is 4. The van der Waals surface area contributed by atoms with Crippen LogP contribution in [-0.4, -0.2) is 30.5 Å². The van der Waals surface area contributed by atoms with E-state index in [1.807, 2.05) is 24.3 Å². The minimum atomic E-state index is -0.558. The number of anilines is 1. The van der Waals surface area contributed by atoms with Gasteiger partial charge in [-0.3, -0.25) is 4.79 Å². The Kier molecular flexibility index (Phi) is 6.01. The number of nitrogen functional groups attached to an aromatic ring is 1. The number of halogens is 3. The Hall–Kier alpha value is -1.82. The van der Waals surface area contributed by atoms with Crippen molar-refractivity contribution in [1.82, 2.24) is 4.90 Å². The van der Waals surface area contributed by atoms with Crippen LogP contribution in [0, 0.1) is 5.82 Å². The van der Waals surface area contributed by atoms with Gasteiger partial charge in [0.2, 0.25) is 5.91 Å². The summed E-state index contributed by atoms with van der Waals surface area (Å²) >= 11 is 11.9. The number of ether oxygens (including phenoxy) is 1. The van der Waals surface area contributed by atoms with Crippen LogP contribution >= 0.6 is 23.2 Å². The van der Waals surface area contributed by atoms with Gasteiger partial charge in [-0.25, -0.2) is 4.39 Å². The van der Waals surface area contributed by atoms with E-state index in [4.69, 9.17) is 33.7 Å². The van der Waals surface area contributed by atoms with Gasteiger partial charge in [-0.05, 0) is 30.2 Å². The zero-order valence-corrected chi connectivity index (χ0v) is 15.6. The summed E-state index contributed by atoms with van der Waals surface area (Å²) in [5, 5.41) is 0.288. The van der Waals surface area contributed by atoms with Gasteiger partial charge in [0, 0.05) is 29.2 Å². The molecule has 0 spiro atoms. The van der Waals surface area contributed by atoms with Crippen molar-refractivity contribution >= 4 is 34.8 Å². The van der Waals surface area contributed by atoms with Gasteiger partial charge in [-0.15, -0.1) is 0 Å². The zero-order chi connectivity index (χ0) is 18.7. The van der Waals surface area contributed by atoms with Crippen molar-refractivity contribution in [3.8, 4) is 0 Å². The second-order valence-corrected chi connectivity index (χ2v) is 7.00. The highest BCUT2D eigenvalue weighted by atomic mass is 35.5. The average Bonchev–Trinajstić information content (AvgIpc) is 2.64. The third kappa shape index (κ3) is 4.29. The standard InChI is InChI=1S/C19H19Cl2FN2O2/c20-14-10-15(21)16(22)9-13(14)18-11-24(7-8-26-18)19(25)6-5-12-3-1-2-4-17(12)23/h1-4,9-10,18H,5-8,11,23H2. The van der Waals surface area contributed by atoms with Crippen LogP contribution in [0.3, 0.4) is 0 Å². The van der Waals surface area contributed by atoms with E-state index in [2.05, 4.69) is 0 Å². The van der Waals surface area contributed by atoms with Crippen LogP contribution in [0.1, 0.15) is 23.7 Å². The molecule has 2 aromatic rings. The number of benzene rings is 2. The van der Waals surface area contributed by atoms with Crippen molar-refractivity contribution in [2.75, 3.05) is 25.4 Å². The highest BCUT2D eigenvalue weighted by Gasteiger charge is 2.27. The fourth-order valence-corrected chi connectivity index (χ4v) is 3.52. The summed E-state index contributed by atoms with van der Waals surface area (Å²) in [6.45, 7) is 1.18. The predicted octanol–water partition coefficient (Wildman–Crippen LogP) is 4.25. The summed E-state index contributed by atoms with van der Waals surface area (Å²) in [4.78, 5) is 14.3. The van der Waals surface area contributed by atoms with Crippen molar-refractivity contribution in [2.45, 2.75) is 18.9 Å².